The minimum absolute atomic E-state index is 0.155. The molecular formula is C29H53NO6. The van der Waals surface area contributed by atoms with Crippen molar-refractivity contribution in [1.29, 1.82) is 0 Å². The third-order valence-corrected chi connectivity index (χ3v) is 7.78. The predicted molar refractivity (Wildman–Crippen MR) is 142 cm³/mol. The monoisotopic (exact) mass is 511 g/mol. The predicted octanol–water partition coefficient (Wildman–Crippen LogP) is 5.71. The summed E-state index contributed by atoms with van der Waals surface area (Å²) in [5.41, 5.74) is 0. The molecule has 36 heavy (non-hydrogen) atoms. The Morgan fingerprint density at radius 1 is 0.639 bits per heavy atom. The fourth-order valence-electron chi connectivity index (χ4n) is 5.18. The molecule has 0 saturated carbocycles. The van der Waals surface area contributed by atoms with Gasteiger partial charge in [-0.15, -0.1) is 0 Å². The van der Waals surface area contributed by atoms with Gasteiger partial charge in [0, 0.05) is 0 Å². The molecule has 0 bridgehead atoms. The number of nitrogens with zero attached hydrogens (tertiary/aromatic N) is 1. The van der Waals surface area contributed by atoms with E-state index in [1.165, 1.54) is 97.8 Å². The minimum atomic E-state index is -1.43. The lowest BCUT2D eigenvalue weighted by atomic mass is 10.0. The van der Waals surface area contributed by atoms with Gasteiger partial charge in [-0.1, -0.05) is 89.7 Å². The van der Waals surface area contributed by atoms with Gasteiger partial charge in [0.2, 0.25) is 0 Å². The van der Waals surface area contributed by atoms with Gasteiger partial charge < -0.3 is 20.1 Å². The average molecular weight is 512 g/mol. The van der Waals surface area contributed by atoms with Gasteiger partial charge in [0.25, 0.3) is 0 Å². The largest absolute Gasteiger partial charge is 0.544 e. The van der Waals surface area contributed by atoms with E-state index in [4.69, 9.17) is 0 Å². The molecule has 7 nitrogen and oxygen atoms in total. The molecule has 0 saturated heterocycles. The van der Waals surface area contributed by atoms with Crippen LogP contribution in [0.1, 0.15) is 130 Å². The third kappa shape index (κ3) is 12.9. The Hall–Kier alpha value is -1.89. The van der Waals surface area contributed by atoms with E-state index < -0.39 is 40.5 Å². The van der Waals surface area contributed by atoms with E-state index >= 15 is 0 Å². The molecular weight excluding hydrogens is 458 g/mol. The number of carbonyl (C=O) groups excluding carboxylic acids is 1. The molecule has 0 heterocycles. The Morgan fingerprint density at radius 3 is 1.36 bits per heavy atom. The van der Waals surface area contributed by atoms with Crippen LogP contribution < -0.4 is 5.11 Å². The van der Waals surface area contributed by atoms with E-state index in [1.54, 1.807) is 0 Å². The molecule has 0 aromatic rings. The van der Waals surface area contributed by atoms with Crippen LogP contribution in [0.3, 0.4) is 0 Å². The van der Waals surface area contributed by atoms with Crippen LogP contribution in [-0.2, 0) is 14.4 Å². The Balaban J connectivity index is 4.27. The van der Waals surface area contributed by atoms with E-state index in [0.717, 1.165) is 19.3 Å². The van der Waals surface area contributed by atoms with E-state index in [9.17, 15) is 29.7 Å². The van der Waals surface area contributed by atoms with Crippen LogP contribution in [0.15, 0.2) is 12.2 Å². The summed E-state index contributed by atoms with van der Waals surface area (Å²) in [4.78, 5) is 35.2. The van der Waals surface area contributed by atoms with Crippen molar-refractivity contribution in [1.82, 2.24) is 0 Å². The molecule has 3 atom stereocenters. The van der Waals surface area contributed by atoms with Gasteiger partial charge in [-0.05, 0) is 52.9 Å². The van der Waals surface area contributed by atoms with Crippen LogP contribution in [0.2, 0.25) is 0 Å². The molecule has 210 valence electrons. The number of rotatable bonds is 24. The van der Waals surface area contributed by atoms with Crippen molar-refractivity contribution in [2.24, 2.45) is 0 Å². The smallest absolute Gasteiger partial charge is 0.362 e. The second kappa shape index (κ2) is 20.2. The Bertz CT molecular complexity index is 597. The second-order valence-electron chi connectivity index (χ2n) is 10.4. The summed E-state index contributed by atoms with van der Waals surface area (Å²) in [5.74, 6) is -3.85. The maximum Gasteiger partial charge on any atom is 0.362 e. The molecule has 0 rings (SSSR count). The molecule has 2 N–H and O–H groups in total. The average Bonchev–Trinajstić information content (AvgIpc) is 2.84. The van der Waals surface area contributed by atoms with Crippen molar-refractivity contribution in [3.63, 3.8) is 0 Å². The lowest BCUT2D eigenvalue weighted by Crippen LogP contribution is -2.72. The summed E-state index contributed by atoms with van der Waals surface area (Å²) in [6.45, 7) is 6.53. The molecule has 0 aliphatic rings. The quantitative estimate of drug-likeness (QED) is 0.0975. The van der Waals surface area contributed by atoms with Crippen molar-refractivity contribution in [3.05, 3.63) is 12.2 Å². The van der Waals surface area contributed by atoms with Gasteiger partial charge in [0.05, 0.1) is 12.5 Å². The number of unbranched alkanes of at least 4 members (excludes halogenated alkanes) is 14. The number of allylic oxidation sites excluding steroid dienone is 2. The van der Waals surface area contributed by atoms with Crippen LogP contribution in [0.5, 0.6) is 0 Å². The van der Waals surface area contributed by atoms with Crippen LogP contribution in [0.25, 0.3) is 0 Å². The molecule has 0 radical (unpaired) electrons. The van der Waals surface area contributed by atoms with Gasteiger partial charge in [-0.25, -0.2) is 9.59 Å². The first-order valence-corrected chi connectivity index (χ1v) is 14.3. The van der Waals surface area contributed by atoms with E-state index in [0.29, 0.717) is 6.42 Å². The number of carbonyl (C=O) groups is 3. The van der Waals surface area contributed by atoms with E-state index in [1.807, 2.05) is 0 Å². The lowest BCUT2D eigenvalue weighted by molar-refractivity contribution is -0.969. The zero-order chi connectivity index (χ0) is 27.4. The van der Waals surface area contributed by atoms with Crippen LogP contribution in [0.4, 0.5) is 0 Å². The second-order valence-corrected chi connectivity index (χ2v) is 10.4. The molecule has 0 fully saturated rings. The molecule has 0 aliphatic carbocycles. The standard InChI is InChI=1S/C29H53NO6/c1-5-6-7-8-9-10-11-12-13-14-15-16-17-18-19-20-21-22-23-30(24(2)27(31)32,25(3)28(33)34)26(4)29(35)36/h18-19,24-26H,5-17,20-23H2,1-4H3,(H2-,31,32,33,34,35,36)/b19-18+. The summed E-state index contributed by atoms with van der Waals surface area (Å²) in [6, 6.07) is -3.60. The van der Waals surface area contributed by atoms with Gasteiger partial charge in [0.15, 0.2) is 12.1 Å². The maximum absolute atomic E-state index is 11.8. The first-order chi connectivity index (χ1) is 17.1. The lowest BCUT2D eigenvalue weighted by Gasteiger charge is -2.49. The van der Waals surface area contributed by atoms with Crippen LogP contribution in [-0.4, -0.2) is 57.3 Å². The topological polar surface area (TPSA) is 115 Å². The SMILES string of the molecule is CCCCCCCCCCCCCC/C=C/CCCC[N+](C(C)C(=O)[O-])(C(C)C(=O)O)C(C)C(=O)O. The number of hydrogen-bond acceptors (Lipinski definition) is 4. The number of hydrogen-bond donors (Lipinski definition) is 2. The highest BCUT2D eigenvalue weighted by Crippen LogP contribution is 2.27. The van der Waals surface area contributed by atoms with E-state index in [-0.39, 0.29) is 6.54 Å². The van der Waals surface area contributed by atoms with Gasteiger partial charge in [0.1, 0.15) is 6.04 Å². The first kappa shape index (κ1) is 34.1. The molecule has 0 aliphatic heterocycles. The Labute approximate surface area is 219 Å². The number of carboxylic acid groups (broad SMARTS) is 3. The fourth-order valence-corrected chi connectivity index (χ4v) is 5.18. The number of aliphatic carboxylic acids is 3. The highest BCUT2D eigenvalue weighted by molar-refractivity contribution is 5.76. The van der Waals surface area contributed by atoms with Gasteiger partial charge in [-0.2, -0.15) is 0 Å². The summed E-state index contributed by atoms with van der Waals surface area (Å²) in [7, 11) is 0. The number of carboxylic acids is 3. The maximum atomic E-state index is 11.8. The van der Waals surface area contributed by atoms with Gasteiger partial charge in [-0.3, -0.25) is 4.48 Å². The van der Waals surface area contributed by atoms with Crippen LogP contribution in [0, 0.1) is 0 Å². The molecule has 7 heteroatoms. The van der Waals surface area contributed by atoms with Crippen molar-refractivity contribution >= 4 is 17.9 Å². The van der Waals surface area contributed by atoms with Crippen molar-refractivity contribution in [2.45, 2.75) is 149 Å². The molecule has 3 unspecified atom stereocenters. The summed E-state index contributed by atoms with van der Waals surface area (Å²) >= 11 is 0. The highest BCUT2D eigenvalue weighted by atomic mass is 16.4. The Kier molecular flexibility index (Phi) is 19.1. The number of quaternary nitrogens is 1. The molecule has 0 aromatic heterocycles. The van der Waals surface area contributed by atoms with Crippen molar-refractivity contribution < 1.29 is 34.2 Å². The summed E-state index contributed by atoms with van der Waals surface area (Å²) in [6.07, 6.45) is 23.4. The molecule has 0 amide bonds. The Morgan fingerprint density at radius 2 is 1.00 bits per heavy atom. The fraction of sp³-hybridized carbons (Fsp3) is 0.828. The highest BCUT2D eigenvalue weighted by Gasteiger charge is 2.50. The minimum Gasteiger partial charge on any atom is -0.544 e. The summed E-state index contributed by atoms with van der Waals surface area (Å²) in [5, 5.41) is 30.9. The van der Waals surface area contributed by atoms with E-state index in [2.05, 4.69) is 19.1 Å². The van der Waals surface area contributed by atoms with Gasteiger partial charge >= 0.3 is 11.9 Å². The zero-order valence-corrected chi connectivity index (χ0v) is 23.4. The molecule has 0 spiro atoms. The third-order valence-electron chi connectivity index (χ3n) is 7.78. The van der Waals surface area contributed by atoms with Crippen molar-refractivity contribution in [2.75, 3.05) is 6.54 Å². The normalized spacial score (nSPS) is 15.9. The summed E-state index contributed by atoms with van der Waals surface area (Å²) < 4.78 is -0.560. The first-order valence-electron chi connectivity index (χ1n) is 14.3. The van der Waals surface area contributed by atoms with Crippen molar-refractivity contribution in [3.8, 4) is 0 Å². The van der Waals surface area contributed by atoms with Crippen LogP contribution >= 0.6 is 0 Å². The molecule has 0 aromatic carbocycles. The zero-order valence-electron chi connectivity index (χ0n) is 23.4.